The summed E-state index contributed by atoms with van der Waals surface area (Å²) >= 11 is 0. The Hall–Kier alpha value is -1.77. The lowest BCUT2D eigenvalue weighted by molar-refractivity contribution is -0.124. The smallest absolute Gasteiger partial charge is 0.224 e. The molecule has 3 N–H and O–H groups in total. The molecule has 0 saturated heterocycles. The van der Waals surface area contributed by atoms with Gasteiger partial charge in [0, 0.05) is 18.2 Å². The Labute approximate surface area is 95.3 Å². The first kappa shape index (κ1) is 10.7. The maximum Gasteiger partial charge on any atom is 0.224 e. The van der Waals surface area contributed by atoms with Gasteiger partial charge < -0.3 is 11.1 Å². The Morgan fingerprint density at radius 3 is 2.50 bits per heavy atom. The molecule has 1 aliphatic carbocycles. The van der Waals surface area contributed by atoms with Gasteiger partial charge in [0.1, 0.15) is 0 Å². The van der Waals surface area contributed by atoms with Crippen molar-refractivity contribution in [2.75, 3.05) is 5.73 Å². The number of nitrogens with one attached hydrogen (secondary N) is 1. The minimum atomic E-state index is 0.133. The van der Waals surface area contributed by atoms with Crippen molar-refractivity contribution in [1.29, 1.82) is 0 Å². The second kappa shape index (κ2) is 4.84. The number of nitrogens with two attached hydrogens (primary N) is 1. The van der Waals surface area contributed by atoms with E-state index in [-0.39, 0.29) is 11.8 Å². The highest BCUT2D eigenvalue weighted by atomic mass is 16.1. The number of nitrogen functional groups attached to an aromatic ring is 1. The van der Waals surface area contributed by atoms with Crippen molar-refractivity contribution in [2.45, 2.75) is 19.4 Å². The fourth-order valence-corrected chi connectivity index (χ4v) is 1.80. The first-order chi connectivity index (χ1) is 7.75. The minimum absolute atomic E-state index is 0.133. The summed E-state index contributed by atoms with van der Waals surface area (Å²) in [5, 5.41) is 2.94. The lowest BCUT2D eigenvalue weighted by Gasteiger charge is -2.10. The van der Waals surface area contributed by atoms with Gasteiger partial charge in [0.15, 0.2) is 0 Å². The van der Waals surface area contributed by atoms with Crippen LogP contribution in [0.2, 0.25) is 0 Å². The molecule has 1 aromatic rings. The van der Waals surface area contributed by atoms with Crippen LogP contribution in [0.25, 0.3) is 0 Å². The van der Waals surface area contributed by atoms with Crippen molar-refractivity contribution >= 4 is 11.6 Å². The number of amides is 1. The molecule has 3 nitrogen and oxygen atoms in total. The zero-order valence-electron chi connectivity index (χ0n) is 9.15. The molecule has 84 valence electrons. The Morgan fingerprint density at radius 1 is 1.25 bits per heavy atom. The van der Waals surface area contributed by atoms with Crippen molar-refractivity contribution in [3.05, 3.63) is 42.0 Å². The Morgan fingerprint density at radius 2 is 1.88 bits per heavy atom. The lowest BCUT2D eigenvalue weighted by Crippen LogP contribution is -2.28. The number of carbonyl (C=O) groups excluding carboxylic acids is 1. The standard InChI is InChI=1S/C13H16N2O/c14-12-7-5-10(6-8-12)9-15-13(16)11-3-1-2-4-11/h1-2,5-8,11H,3-4,9,14H2,(H,15,16). The minimum Gasteiger partial charge on any atom is -0.399 e. The first-order valence-electron chi connectivity index (χ1n) is 5.53. The number of carbonyl (C=O) groups is 1. The van der Waals surface area contributed by atoms with Gasteiger partial charge in [-0.2, -0.15) is 0 Å². The van der Waals surface area contributed by atoms with E-state index in [1.54, 1.807) is 0 Å². The summed E-state index contributed by atoms with van der Waals surface area (Å²) in [5.74, 6) is 0.274. The summed E-state index contributed by atoms with van der Waals surface area (Å²) in [7, 11) is 0. The van der Waals surface area contributed by atoms with Crippen LogP contribution in [0, 0.1) is 5.92 Å². The SMILES string of the molecule is Nc1ccc(CNC(=O)C2CC=CC2)cc1. The van der Waals surface area contributed by atoms with E-state index < -0.39 is 0 Å². The molecule has 1 aromatic carbocycles. The first-order valence-corrected chi connectivity index (χ1v) is 5.53. The van der Waals surface area contributed by atoms with Crippen molar-refractivity contribution in [2.24, 2.45) is 5.92 Å². The van der Waals surface area contributed by atoms with Crippen LogP contribution in [0.15, 0.2) is 36.4 Å². The van der Waals surface area contributed by atoms with E-state index in [1.807, 2.05) is 24.3 Å². The average Bonchev–Trinajstić information content (AvgIpc) is 2.81. The third-order valence-corrected chi connectivity index (χ3v) is 2.83. The molecule has 0 spiro atoms. The fraction of sp³-hybridized carbons (Fsp3) is 0.308. The van der Waals surface area contributed by atoms with Crippen LogP contribution >= 0.6 is 0 Å². The van der Waals surface area contributed by atoms with E-state index in [4.69, 9.17) is 5.73 Å². The predicted octanol–water partition coefficient (Wildman–Crippen LogP) is 1.85. The van der Waals surface area contributed by atoms with Crippen LogP contribution in [-0.4, -0.2) is 5.91 Å². The van der Waals surface area contributed by atoms with Crippen molar-refractivity contribution in [1.82, 2.24) is 5.32 Å². The maximum absolute atomic E-state index is 11.7. The fourth-order valence-electron chi connectivity index (χ4n) is 1.80. The molecule has 1 amide bonds. The second-order valence-electron chi connectivity index (χ2n) is 4.10. The molecule has 0 heterocycles. The van der Waals surface area contributed by atoms with Gasteiger partial charge in [0.25, 0.3) is 0 Å². The molecule has 1 aliphatic rings. The van der Waals surface area contributed by atoms with E-state index in [0.717, 1.165) is 24.1 Å². The van der Waals surface area contributed by atoms with Gasteiger partial charge in [0.2, 0.25) is 5.91 Å². The summed E-state index contributed by atoms with van der Waals surface area (Å²) in [5.41, 5.74) is 7.41. The predicted molar refractivity (Wildman–Crippen MR) is 64.6 cm³/mol. The quantitative estimate of drug-likeness (QED) is 0.598. The molecule has 0 aromatic heterocycles. The van der Waals surface area contributed by atoms with Crippen LogP contribution in [0.4, 0.5) is 5.69 Å². The molecule has 3 heteroatoms. The molecule has 0 aliphatic heterocycles. The zero-order valence-corrected chi connectivity index (χ0v) is 9.15. The topological polar surface area (TPSA) is 55.1 Å². The normalized spacial score (nSPS) is 15.2. The van der Waals surface area contributed by atoms with E-state index in [2.05, 4.69) is 17.5 Å². The van der Waals surface area contributed by atoms with Crippen LogP contribution < -0.4 is 11.1 Å². The lowest BCUT2D eigenvalue weighted by atomic mass is 10.1. The highest BCUT2D eigenvalue weighted by molar-refractivity contribution is 5.79. The van der Waals surface area contributed by atoms with Crippen LogP contribution in [0.3, 0.4) is 0 Å². The summed E-state index contributed by atoms with van der Waals surface area (Å²) in [4.78, 5) is 11.7. The third kappa shape index (κ3) is 2.63. The Balaban J connectivity index is 1.82. The van der Waals surface area contributed by atoms with Gasteiger partial charge >= 0.3 is 0 Å². The second-order valence-corrected chi connectivity index (χ2v) is 4.10. The largest absolute Gasteiger partial charge is 0.399 e. The molecule has 0 atom stereocenters. The van der Waals surface area contributed by atoms with Gasteiger partial charge in [0.05, 0.1) is 0 Å². The van der Waals surface area contributed by atoms with Gasteiger partial charge in [-0.25, -0.2) is 0 Å². The molecular weight excluding hydrogens is 200 g/mol. The van der Waals surface area contributed by atoms with Crippen LogP contribution in [0.5, 0.6) is 0 Å². The van der Waals surface area contributed by atoms with Crippen LogP contribution in [0.1, 0.15) is 18.4 Å². The number of hydrogen-bond donors (Lipinski definition) is 2. The molecule has 16 heavy (non-hydrogen) atoms. The van der Waals surface area contributed by atoms with Crippen molar-refractivity contribution in [3.63, 3.8) is 0 Å². The summed E-state index contributed by atoms with van der Waals surface area (Å²) in [6.45, 7) is 0.579. The molecule has 0 bridgehead atoms. The third-order valence-electron chi connectivity index (χ3n) is 2.83. The maximum atomic E-state index is 11.7. The Bertz CT molecular complexity index is 387. The summed E-state index contributed by atoms with van der Waals surface area (Å²) in [6, 6.07) is 7.56. The van der Waals surface area contributed by atoms with E-state index >= 15 is 0 Å². The monoisotopic (exact) mass is 216 g/mol. The number of rotatable bonds is 3. The highest BCUT2D eigenvalue weighted by Crippen LogP contribution is 2.17. The summed E-state index contributed by atoms with van der Waals surface area (Å²) in [6.07, 6.45) is 5.86. The average molecular weight is 216 g/mol. The number of anilines is 1. The van der Waals surface area contributed by atoms with E-state index in [9.17, 15) is 4.79 Å². The van der Waals surface area contributed by atoms with E-state index in [1.165, 1.54) is 0 Å². The molecular formula is C13H16N2O. The number of benzene rings is 1. The van der Waals surface area contributed by atoms with Crippen molar-refractivity contribution < 1.29 is 4.79 Å². The molecule has 2 rings (SSSR count). The number of allylic oxidation sites excluding steroid dienone is 2. The van der Waals surface area contributed by atoms with E-state index in [0.29, 0.717) is 6.54 Å². The van der Waals surface area contributed by atoms with Gasteiger partial charge in [-0.1, -0.05) is 24.3 Å². The number of hydrogen-bond acceptors (Lipinski definition) is 2. The van der Waals surface area contributed by atoms with Crippen molar-refractivity contribution in [3.8, 4) is 0 Å². The zero-order chi connectivity index (χ0) is 11.4. The summed E-state index contributed by atoms with van der Waals surface area (Å²) < 4.78 is 0. The molecule has 0 unspecified atom stereocenters. The molecule has 0 radical (unpaired) electrons. The highest BCUT2D eigenvalue weighted by Gasteiger charge is 2.18. The van der Waals surface area contributed by atoms with Gasteiger partial charge in [-0.3, -0.25) is 4.79 Å². The Kier molecular flexibility index (Phi) is 3.25. The molecule has 0 fully saturated rings. The van der Waals surface area contributed by atoms with Crippen LogP contribution in [-0.2, 0) is 11.3 Å². The van der Waals surface area contributed by atoms with Gasteiger partial charge in [-0.05, 0) is 30.5 Å². The molecule has 0 saturated carbocycles. The van der Waals surface area contributed by atoms with Gasteiger partial charge in [-0.15, -0.1) is 0 Å².